The molecule has 0 aliphatic heterocycles. The maximum Gasteiger partial charge on any atom is 0.119 e. The fourth-order valence-electron chi connectivity index (χ4n) is 3.86. The second-order valence-corrected chi connectivity index (χ2v) is 7.10. The normalized spacial score (nSPS) is 12.2. The van der Waals surface area contributed by atoms with E-state index in [1.165, 1.54) is 10.8 Å². The first-order chi connectivity index (χ1) is 14.8. The van der Waals surface area contributed by atoms with Crippen LogP contribution in [0, 0.1) is 0 Å². The number of hydrogen-bond donors (Lipinski definition) is 1. The number of rotatable bonds is 6. The minimum Gasteiger partial charge on any atom is -0.497 e. The van der Waals surface area contributed by atoms with E-state index in [-0.39, 0.29) is 0 Å². The number of ether oxygens (including phenoxy) is 2. The molecule has 0 spiro atoms. The summed E-state index contributed by atoms with van der Waals surface area (Å²) in [4.78, 5) is 0. The summed E-state index contributed by atoms with van der Waals surface area (Å²) < 4.78 is 10.6. The molecule has 4 aromatic rings. The number of hydrogen-bond acceptors (Lipinski definition) is 3. The van der Waals surface area contributed by atoms with E-state index in [0.717, 1.165) is 45.4 Å². The van der Waals surface area contributed by atoms with Gasteiger partial charge in [0.25, 0.3) is 0 Å². The van der Waals surface area contributed by atoms with E-state index in [1.807, 2.05) is 48.5 Å². The first-order valence-electron chi connectivity index (χ1n) is 9.80. The SMILES string of the molecule is COc1ccc([N]C2=C(Nc3ccc(OC)cc3)c3cccc4cccc2c34)cc1. The van der Waals surface area contributed by atoms with Crippen LogP contribution >= 0.6 is 0 Å². The van der Waals surface area contributed by atoms with Crippen LogP contribution in [-0.2, 0) is 0 Å². The number of nitrogens with one attached hydrogen (secondary N) is 1. The van der Waals surface area contributed by atoms with Gasteiger partial charge in [-0.05, 0) is 53.9 Å². The number of methoxy groups -OCH3 is 2. The second kappa shape index (κ2) is 7.48. The van der Waals surface area contributed by atoms with Crippen LogP contribution in [0.2, 0.25) is 0 Å². The van der Waals surface area contributed by atoms with E-state index in [4.69, 9.17) is 14.8 Å². The van der Waals surface area contributed by atoms with E-state index in [2.05, 4.69) is 41.7 Å². The molecule has 4 heteroatoms. The van der Waals surface area contributed by atoms with Crippen molar-refractivity contribution in [3.8, 4) is 11.5 Å². The molecule has 0 aromatic heterocycles. The van der Waals surface area contributed by atoms with Crippen LogP contribution in [0.3, 0.4) is 0 Å². The molecule has 147 valence electrons. The summed E-state index contributed by atoms with van der Waals surface area (Å²) in [5.41, 5.74) is 6.09. The van der Waals surface area contributed by atoms with Crippen LogP contribution in [0.15, 0.2) is 84.9 Å². The van der Waals surface area contributed by atoms with Crippen molar-refractivity contribution in [1.82, 2.24) is 5.32 Å². The molecule has 0 atom stereocenters. The zero-order valence-electron chi connectivity index (χ0n) is 16.8. The van der Waals surface area contributed by atoms with Crippen molar-refractivity contribution in [3.05, 3.63) is 96.1 Å². The summed E-state index contributed by atoms with van der Waals surface area (Å²) in [6, 6.07) is 28.5. The van der Waals surface area contributed by atoms with Crippen molar-refractivity contribution < 1.29 is 9.47 Å². The molecule has 0 fully saturated rings. The van der Waals surface area contributed by atoms with Crippen LogP contribution in [0.5, 0.6) is 11.5 Å². The van der Waals surface area contributed by atoms with Crippen molar-refractivity contribution in [3.63, 3.8) is 0 Å². The molecule has 0 saturated heterocycles. The smallest absolute Gasteiger partial charge is 0.119 e. The Morgan fingerprint density at radius 2 is 1.27 bits per heavy atom. The van der Waals surface area contributed by atoms with Gasteiger partial charge in [-0.3, -0.25) is 0 Å². The molecule has 30 heavy (non-hydrogen) atoms. The monoisotopic (exact) mass is 393 g/mol. The van der Waals surface area contributed by atoms with E-state index >= 15 is 0 Å². The molecule has 0 heterocycles. The van der Waals surface area contributed by atoms with E-state index < -0.39 is 0 Å². The fourth-order valence-corrected chi connectivity index (χ4v) is 3.86. The van der Waals surface area contributed by atoms with Crippen molar-refractivity contribution in [2.24, 2.45) is 0 Å². The predicted octanol–water partition coefficient (Wildman–Crippen LogP) is 6.04. The van der Waals surface area contributed by atoms with Crippen molar-refractivity contribution >= 4 is 33.5 Å². The zero-order chi connectivity index (χ0) is 20.5. The Balaban J connectivity index is 1.60. The minimum atomic E-state index is 0.816. The van der Waals surface area contributed by atoms with Gasteiger partial charge in [-0.1, -0.05) is 36.4 Å². The van der Waals surface area contributed by atoms with Gasteiger partial charge in [0.05, 0.1) is 31.3 Å². The number of benzene rings is 4. The lowest BCUT2D eigenvalue weighted by Crippen LogP contribution is -2.04. The summed E-state index contributed by atoms with van der Waals surface area (Å²) in [7, 11) is 3.34. The van der Waals surface area contributed by atoms with Gasteiger partial charge in [0, 0.05) is 22.2 Å². The van der Waals surface area contributed by atoms with Gasteiger partial charge in [-0.15, -0.1) is 0 Å². The first kappa shape index (κ1) is 18.1. The van der Waals surface area contributed by atoms with E-state index in [1.54, 1.807) is 14.2 Å². The Morgan fingerprint density at radius 1 is 0.667 bits per heavy atom. The summed E-state index contributed by atoms with van der Waals surface area (Å²) in [5.74, 6) is 1.64. The third-order valence-corrected chi connectivity index (χ3v) is 5.34. The maximum absolute atomic E-state index is 5.29. The zero-order valence-corrected chi connectivity index (χ0v) is 16.8. The quantitative estimate of drug-likeness (QED) is 0.434. The highest BCUT2D eigenvalue weighted by molar-refractivity contribution is 6.15. The highest BCUT2D eigenvalue weighted by Gasteiger charge is 2.25. The molecular weight excluding hydrogens is 372 g/mol. The Morgan fingerprint density at radius 3 is 1.90 bits per heavy atom. The molecule has 1 aliphatic carbocycles. The molecule has 0 saturated carbocycles. The van der Waals surface area contributed by atoms with Gasteiger partial charge in [-0.25, -0.2) is 5.32 Å². The largest absolute Gasteiger partial charge is 0.497 e. The second-order valence-electron chi connectivity index (χ2n) is 7.10. The first-order valence-corrected chi connectivity index (χ1v) is 9.80. The molecule has 1 radical (unpaired) electrons. The summed E-state index contributed by atoms with van der Waals surface area (Å²) in [6.07, 6.45) is 0. The Labute approximate surface area is 175 Å². The Hall–Kier alpha value is -3.92. The third kappa shape index (κ3) is 3.12. The lowest BCUT2D eigenvalue weighted by Gasteiger charge is -2.13. The molecule has 1 aliphatic rings. The topological polar surface area (TPSA) is 44.6 Å². The molecule has 0 unspecified atom stereocenters. The maximum atomic E-state index is 5.29. The molecule has 5 rings (SSSR count). The van der Waals surface area contributed by atoms with Gasteiger partial charge in [-0.2, -0.15) is 0 Å². The van der Waals surface area contributed by atoms with E-state index in [9.17, 15) is 0 Å². The lowest BCUT2D eigenvalue weighted by atomic mass is 10.0. The highest BCUT2D eigenvalue weighted by Crippen LogP contribution is 2.42. The highest BCUT2D eigenvalue weighted by atomic mass is 16.5. The average Bonchev–Trinajstić information content (AvgIpc) is 3.09. The van der Waals surface area contributed by atoms with Crippen LogP contribution in [0.4, 0.5) is 11.4 Å². The molecule has 0 amide bonds. The van der Waals surface area contributed by atoms with Crippen LogP contribution in [0.25, 0.3) is 22.2 Å². The fraction of sp³-hybridized carbons (Fsp3) is 0.0769. The van der Waals surface area contributed by atoms with E-state index in [0.29, 0.717) is 0 Å². The standard InChI is InChI=1S/C26H21N2O2/c1-29-20-13-9-18(10-14-20)27-25-22-7-3-5-17-6-4-8-23(24(17)22)26(25)28-19-11-15-21(30-2)16-12-19/h3-16,27H,1-2H3. The number of nitrogens with zero attached hydrogens (tertiary/aromatic N) is 1. The molecule has 4 aromatic carbocycles. The van der Waals surface area contributed by atoms with Gasteiger partial charge in [0.2, 0.25) is 0 Å². The Kier molecular flexibility index (Phi) is 4.52. The summed E-state index contributed by atoms with van der Waals surface area (Å²) in [6.45, 7) is 0. The van der Waals surface area contributed by atoms with Gasteiger partial charge in [0.15, 0.2) is 0 Å². The minimum absolute atomic E-state index is 0.816. The van der Waals surface area contributed by atoms with Gasteiger partial charge >= 0.3 is 0 Å². The van der Waals surface area contributed by atoms with Gasteiger partial charge in [0.1, 0.15) is 11.5 Å². The van der Waals surface area contributed by atoms with Crippen molar-refractivity contribution in [2.75, 3.05) is 19.5 Å². The number of anilines is 1. The van der Waals surface area contributed by atoms with Crippen LogP contribution in [-0.4, -0.2) is 14.2 Å². The van der Waals surface area contributed by atoms with Crippen molar-refractivity contribution in [1.29, 1.82) is 0 Å². The van der Waals surface area contributed by atoms with Crippen LogP contribution in [0.1, 0.15) is 11.1 Å². The Bertz CT molecular complexity index is 1150. The molecular formula is C26H21N2O2. The molecule has 0 bridgehead atoms. The summed E-state index contributed by atoms with van der Waals surface area (Å²) >= 11 is 0. The van der Waals surface area contributed by atoms with Crippen LogP contribution < -0.4 is 20.1 Å². The van der Waals surface area contributed by atoms with Crippen molar-refractivity contribution in [2.45, 2.75) is 0 Å². The molecule has 4 nitrogen and oxygen atoms in total. The molecule has 1 N–H and O–H groups in total. The lowest BCUT2D eigenvalue weighted by molar-refractivity contribution is 0.414. The van der Waals surface area contributed by atoms with Gasteiger partial charge < -0.3 is 14.8 Å². The predicted molar refractivity (Wildman–Crippen MR) is 122 cm³/mol. The summed E-state index contributed by atoms with van der Waals surface area (Å²) in [5, 5.41) is 11.1. The third-order valence-electron chi connectivity index (χ3n) is 5.34. The average molecular weight is 393 g/mol.